The lowest BCUT2D eigenvalue weighted by atomic mass is 10.0. The van der Waals surface area contributed by atoms with Crippen molar-refractivity contribution in [2.45, 2.75) is 32.2 Å². The highest BCUT2D eigenvalue weighted by atomic mass is 15.4. The molecular formula is C15H22N4. The van der Waals surface area contributed by atoms with E-state index in [9.17, 15) is 0 Å². The van der Waals surface area contributed by atoms with Crippen LogP contribution in [0.3, 0.4) is 0 Å². The van der Waals surface area contributed by atoms with Gasteiger partial charge in [0.1, 0.15) is 0 Å². The first-order valence-corrected chi connectivity index (χ1v) is 6.75. The van der Waals surface area contributed by atoms with Gasteiger partial charge in [0.05, 0.1) is 5.69 Å². The van der Waals surface area contributed by atoms with Gasteiger partial charge in [-0.15, -0.1) is 5.10 Å². The van der Waals surface area contributed by atoms with Crippen LogP contribution in [0.25, 0.3) is 0 Å². The molecule has 19 heavy (non-hydrogen) atoms. The van der Waals surface area contributed by atoms with E-state index in [1.54, 1.807) is 4.68 Å². The SMILES string of the molecule is CNC(CCc1ccc(C)cc1)Cc1cn(C)nn1. The third kappa shape index (κ3) is 4.17. The Labute approximate surface area is 114 Å². The van der Waals surface area contributed by atoms with E-state index in [-0.39, 0.29) is 0 Å². The summed E-state index contributed by atoms with van der Waals surface area (Å²) in [4.78, 5) is 0. The molecule has 1 heterocycles. The van der Waals surface area contributed by atoms with Gasteiger partial charge < -0.3 is 5.32 Å². The Morgan fingerprint density at radius 3 is 2.58 bits per heavy atom. The predicted molar refractivity (Wildman–Crippen MR) is 77.1 cm³/mol. The van der Waals surface area contributed by atoms with Gasteiger partial charge in [0.15, 0.2) is 0 Å². The summed E-state index contributed by atoms with van der Waals surface area (Å²) in [5, 5.41) is 11.5. The number of benzene rings is 1. The summed E-state index contributed by atoms with van der Waals surface area (Å²) in [6.07, 6.45) is 5.11. The molecule has 4 nitrogen and oxygen atoms in total. The van der Waals surface area contributed by atoms with Crippen LogP contribution in [0.2, 0.25) is 0 Å². The summed E-state index contributed by atoms with van der Waals surface area (Å²) < 4.78 is 1.75. The van der Waals surface area contributed by atoms with E-state index in [0.29, 0.717) is 6.04 Å². The molecule has 0 fully saturated rings. The van der Waals surface area contributed by atoms with Crippen LogP contribution in [-0.2, 0) is 19.9 Å². The summed E-state index contributed by atoms with van der Waals surface area (Å²) in [6, 6.07) is 9.21. The molecule has 0 aliphatic carbocycles. The van der Waals surface area contributed by atoms with Crippen molar-refractivity contribution in [3.63, 3.8) is 0 Å². The van der Waals surface area contributed by atoms with Crippen molar-refractivity contribution in [2.24, 2.45) is 7.05 Å². The fourth-order valence-corrected chi connectivity index (χ4v) is 2.19. The number of nitrogens with one attached hydrogen (secondary N) is 1. The lowest BCUT2D eigenvalue weighted by Crippen LogP contribution is -2.28. The van der Waals surface area contributed by atoms with Crippen LogP contribution in [-0.4, -0.2) is 28.1 Å². The number of likely N-dealkylation sites (N-methyl/N-ethyl adjacent to an activating group) is 1. The first-order valence-electron chi connectivity index (χ1n) is 6.75. The Kier molecular flexibility index (Phi) is 4.68. The van der Waals surface area contributed by atoms with Gasteiger partial charge in [-0.3, -0.25) is 4.68 Å². The summed E-state index contributed by atoms with van der Waals surface area (Å²) in [5.41, 5.74) is 3.75. The highest BCUT2D eigenvalue weighted by molar-refractivity contribution is 5.21. The minimum Gasteiger partial charge on any atom is -0.317 e. The van der Waals surface area contributed by atoms with Crippen LogP contribution in [0, 0.1) is 6.92 Å². The van der Waals surface area contributed by atoms with Crippen molar-refractivity contribution >= 4 is 0 Å². The van der Waals surface area contributed by atoms with Gasteiger partial charge in [-0.1, -0.05) is 35.0 Å². The van der Waals surface area contributed by atoms with Crippen molar-refractivity contribution in [1.29, 1.82) is 0 Å². The summed E-state index contributed by atoms with van der Waals surface area (Å²) in [6.45, 7) is 2.12. The van der Waals surface area contributed by atoms with Crippen molar-refractivity contribution < 1.29 is 0 Å². The van der Waals surface area contributed by atoms with Crippen LogP contribution in [0.4, 0.5) is 0 Å². The van der Waals surface area contributed by atoms with Crippen molar-refractivity contribution in [3.8, 4) is 0 Å². The van der Waals surface area contributed by atoms with E-state index < -0.39 is 0 Å². The molecule has 1 N–H and O–H groups in total. The van der Waals surface area contributed by atoms with Crippen LogP contribution in [0.5, 0.6) is 0 Å². The Balaban J connectivity index is 1.87. The Hall–Kier alpha value is -1.68. The second-order valence-electron chi connectivity index (χ2n) is 5.10. The molecule has 0 spiro atoms. The van der Waals surface area contributed by atoms with Gasteiger partial charge in [-0.2, -0.15) is 0 Å². The maximum absolute atomic E-state index is 4.14. The van der Waals surface area contributed by atoms with E-state index in [2.05, 4.69) is 46.8 Å². The standard InChI is InChI=1S/C15H22N4/c1-12-4-6-13(7-5-12)8-9-14(16-2)10-15-11-19(3)18-17-15/h4-7,11,14,16H,8-10H2,1-3H3. The van der Waals surface area contributed by atoms with Gasteiger partial charge in [0.2, 0.25) is 0 Å². The highest BCUT2D eigenvalue weighted by Crippen LogP contribution is 2.09. The van der Waals surface area contributed by atoms with Crippen molar-refractivity contribution in [3.05, 3.63) is 47.3 Å². The van der Waals surface area contributed by atoms with Crippen molar-refractivity contribution in [2.75, 3.05) is 7.05 Å². The monoisotopic (exact) mass is 258 g/mol. The first-order chi connectivity index (χ1) is 9.17. The fraction of sp³-hybridized carbons (Fsp3) is 0.467. The summed E-state index contributed by atoms with van der Waals surface area (Å²) in [7, 11) is 3.91. The maximum Gasteiger partial charge on any atom is 0.0842 e. The normalized spacial score (nSPS) is 12.6. The third-order valence-corrected chi connectivity index (χ3v) is 3.42. The van der Waals surface area contributed by atoms with E-state index in [1.807, 2.05) is 20.3 Å². The Morgan fingerprint density at radius 1 is 1.26 bits per heavy atom. The van der Waals surface area contributed by atoms with E-state index in [1.165, 1.54) is 11.1 Å². The zero-order valence-corrected chi connectivity index (χ0v) is 11.9. The van der Waals surface area contributed by atoms with Crippen LogP contribution < -0.4 is 5.32 Å². The molecule has 0 bridgehead atoms. The molecule has 0 radical (unpaired) electrons. The number of aromatic nitrogens is 3. The third-order valence-electron chi connectivity index (χ3n) is 3.42. The van der Waals surface area contributed by atoms with Gasteiger partial charge in [-0.25, -0.2) is 0 Å². The minimum absolute atomic E-state index is 0.443. The first kappa shape index (κ1) is 13.7. The van der Waals surface area contributed by atoms with Gasteiger partial charge in [-0.05, 0) is 32.4 Å². The molecule has 2 rings (SSSR count). The lowest BCUT2D eigenvalue weighted by molar-refractivity contribution is 0.515. The second kappa shape index (κ2) is 6.48. The highest BCUT2D eigenvalue weighted by Gasteiger charge is 2.10. The molecule has 4 heteroatoms. The molecular weight excluding hydrogens is 236 g/mol. The van der Waals surface area contributed by atoms with E-state index in [4.69, 9.17) is 0 Å². The Bertz CT molecular complexity index is 501. The van der Waals surface area contributed by atoms with Crippen LogP contribution >= 0.6 is 0 Å². The average Bonchev–Trinajstić information content (AvgIpc) is 2.82. The quantitative estimate of drug-likeness (QED) is 0.860. The average molecular weight is 258 g/mol. The molecule has 0 saturated carbocycles. The minimum atomic E-state index is 0.443. The second-order valence-corrected chi connectivity index (χ2v) is 5.10. The zero-order valence-electron chi connectivity index (χ0n) is 11.9. The van der Waals surface area contributed by atoms with Gasteiger partial charge in [0, 0.05) is 25.7 Å². The van der Waals surface area contributed by atoms with Crippen LogP contribution in [0.1, 0.15) is 23.2 Å². The molecule has 0 aliphatic heterocycles. The molecule has 1 unspecified atom stereocenters. The molecule has 0 saturated heterocycles. The largest absolute Gasteiger partial charge is 0.317 e. The molecule has 0 amide bonds. The van der Waals surface area contributed by atoms with Gasteiger partial charge in [0.25, 0.3) is 0 Å². The number of hydrogen-bond donors (Lipinski definition) is 1. The number of aryl methyl sites for hydroxylation is 3. The Morgan fingerprint density at radius 2 is 2.00 bits per heavy atom. The summed E-state index contributed by atoms with van der Waals surface area (Å²) in [5.74, 6) is 0. The lowest BCUT2D eigenvalue weighted by Gasteiger charge is -2.14. The van der Waals surface area contributed by atoms with E-state index >= 15 is 0 Å². The van der Waals surface area contributed by atoms with Gasteiger partial charge >= 0.3 is 0 Å². The molecule has 0 aliphatic rings. The number of rotatable bonds is 6. The predicted octanol–water partition coefficient (Wildman–Crippen LogP) is 1.89. The molecule has 2 aromatic rings. The molecule has 1 aromatic carbocycles. The van der Waals surface area contributed by atoms with E-state index in [0.717, 1.165) is 25.0 Å². The number of hydrogen-bond acceptors (Lipinski definition) is 3. The topological polar surface area (TPSA) is 42.7 Å². The van der Waals surface area contributed by atoms with Crippen molar-refractivity contribution in [1.82, 2.24) is 20.3 Å². The summed E-state index contributed by atoms with van der Waals surface area (Å²) >= 11 is 0. The van der Waals surface area contributed by atoms with Crippen LogP contribution in [0.15, 0.2) is 30.5 Å². The zero-order chi connectivity index (χ0) is 13.7. The fourth-order valence-electron chi connectivity index (χ4n) is 2.19. The smallest absolute Gasteiger partial charge is 0.0842 e. The maximum atomic E-state index is 4.14. The molecule has 1 aromatic heterocycles. The molecule has 1 atom stereocenters. The molecule has 102 valence electrons. The number of nitrogens with zero attached hydrogens (tertiary/aromatic N) is 3.